The number of carbonyl (C=O) groups is 1. The smallest absolute Gasteiger partial charge is 0.258 e. The quantitative estimate of drug-likeness (QED) is 0.419. The van der Waals surface area contributed by atoms with Crippen LogP contribution < -0.4 is 5.56 Å². The number of amides is 1. The molecule has 4 rings (SSSR count). The lowest BCUT2D eigenvalue weighted by Crippen LogP contribution is -2.32. The number of para-hydroxylation sites is 1. The SMILES string of the molecule is CCN(Cc1nc2ccccc2c(=O)[nH]1)C(=O)c1ccccc1SCc1c(C)noc1C. The number of H-pyrrole nitrogens is 1. The van der Waals surface area contributed by atoms with E-state index in [0.29, 0.717) is 34.6 Å². The van der Waals surface area contributed by atoms with Crippen molar-refractivity contribution >= 4 is 28.6 Å². The number of thioether (sulfide) groups is 1. The van der Waals surface area contributed by atoms with E-state index in [1.54, 1.807) is 34.9 Å². The number of rotatable bonds is 7. The number of aromatic nitrogens is 3. The Morgan fingerprint density at radius 3 is 2.62 bits per heavy atom. The van der Waals surface area contributed by atoms with Gasteiger partial charge in [-0.1, -0.05) is 29.4 Å². The zero-order valence-electron chi connectivity index (χ0n) is 18.2. The first-order valence-corrected chi connectivity index (χ1v) is 11.4. The van der Waals surface area contributed by atoms with Crippen molar-refractivity contribution in [3.05, 3.63) is 87.3 Å². The maximum absolute atomic E-state index is 13.4. The average Bonchev–Trinajstić information content (AvgIpc) is 3.13. The van der Waals surface area contributed by atoms with Crippen LogP contribution >= 0.6 is 11.8 Å². The van der Waals surface area contributed by atoms with Crippen molar-refractivity contribution in [1.29, 1.82) is 0 Å². The van der Waals surface area contributed by atoms with Crippen molar-refractivity contribution in [2.45, 2.75) is 38.0 Å². The van der Waals surface area contributed by atoms with Gasteiger partial charge in [-0.05, 0) is 45.0 Å². The number of nitrogens with zero attached hydrogens (tertiary/aromatic N) is 3. The van der Waals surface area contributed by atoms with Crippen LogP contribution in [0.4, 0.5) is 0 Å². The highest BCUT2D eigenvalue weighted by atomic mass is 32.2. The predicted octanol–water partition coefficient (Wildman–Crippen LogP) is 4.48. The van der Waals surface area contributed by atoms with E-state index in [2.05, 4.69) is 15.1 Å². The fraction of sp³-hybridized carbons (Fsp3) is 0.250. The third-order valence-corrected chi connectivity index (χ3v) is 6.44. The molecule has 4 aromatic rings. The Morgan fingerprint density at radius 2 is 1.88 bits per heavy atom. The Labute approximate surface area is 189 Å². The van der Waals surface area contributed by atoms with E-state index in [1.807, 2.05) is 51.1 Å². The first-order chi connectivity index (χ1) is 15.5. The summed E-state index contributed by atoms with van der Waals surface area (Å²) in [7, 11) is 0. The van der Waals surface area contributed by atoms with E-state index < -0.39 is 0 Å². The van der Waals surface area contributed by atoms with Gasteiger partial charge in [0.25, 0.3) is 11.5 Å². The van der Waals surface area contributed by atoms with E-state index in [0.717, 1.165) is 21.9 Å². The van der Waals surface area contributed by atoms with Gasteiger partial charge in [0.15, 0.2) is 0 Å². The van der Waals surface area contributed by atoms with Crippen molar-refractivity contribution in [3.8, 4) is 0 Å². The molecule has 0 bridgehead atoms. The maximum atomic E-state index is 13.4. The van der Waals surface area contributed by atoms with E-state index in [4.69, 9.17) is 4.52 Å². The highest BCUT2D eigenvalue weighted by Crippen LogP contribution is 2.29. The number of benzene rings is 2. The third-order valence-electron chi connectivity index (χ3n) is 5.34. The van der Waals surface area contributed by atoms with Gasteiger partial charge in [0.2, 0.25) is 0 Å². The third kappa shape index (κ3) is 4.45. The molecule has 0 aliphatic rings. The molecule has 0 saturated heterocycles. The van der Waals surface area contributed by atoms with Gasteiger partial charge < -0.3 is 14.4 Å². The molecule has 2 aromatic heterocycles. The standard InChI is InChI=1S/C24H24N4O3S/c1-4-28(13-22-25-20-11-7-5-9-17(20)23(29)26-22)24(30)18-10-6-8-12-21(18)32-14-19-15(2)27-31-16(19)3/h5-12H,4,13-14H2,1-3H3,(H,25,26,29). The van der Waals surface area contributed by atoms with Crippen LogP contribution in [0, 0.1) is 13.8 Å². The Kier molecular flexibility index (Phi) is 6.41. The fourth-order valence-corrected chi connectivity index (χ4v) is 4.71. The molecule has 2 aromatic carbocycles. The fourth-order valence-electron chi connectivity index (χ4n) is 3.52. The van der Waals surface area contributed by atoms with E-state index >= 15 is 0 Å². The van der Waals surface area contributed by atoms with Crippen molar-refractivity contribution in [2.24, 2.45) is 0 Å². The highest BCUT2D eigenvalue weighted by Gasteiger charge is 2.20. The number of hydrogen-bond acceptors (Lipinski definition) is 6. The molecule has 0 saturated carbocycles. The number of fused-ring (bicyclic) bond motifs is 1. The lowest BCUT2D eigenvalue weighted by molar-refractivity contribution is 0.0745. The zero-order chi connectivity index (χ0) is 22.7. The van der Waals surface area contributed by atoms with E-state index in [9.17, 15) is 9.59 Å². The molecule has 164 valence electrons. The van der Waals surface area contributed by atoms with Crippen molar-refractivity contribution in [1.82, 2.24) is 20.0 Å². The van der Waals surface area contributed by atoms with Crippen LogP contribution in [0.5, 0.6) is 0 Å². The Bertz CT molecular complexity index is 1310. The van der Waals surface area contributed by atoms with Crippen LogP contribution in [0.25, 0.3) is 10.9 Å². The summed E-state index contributed by atoms with van der Waals surface area (Å²) >= 11 is 1.58. The summed E-state index contributed by atoms with van der Waals surface area (Å²) in [6.07, 6.45) is 0. The minimum absolute atomic E-state index is 0.106. The number of hydrogen-bond donors (Lipinski definition) is 1. The summed E-state index contributed by atoms with van der Waals surface area (Å²) in [5, 5.41) is 4.54. The molecule has 0 fully saturated rings. The maximum Gasteiger partial charge on any atom is 0.258 e. The number of aryl methyl sites for hydroxylation is 2. The van der Waals surface area contributed by atoms with Gasteiger partial charge in [-0.25, -0.2) is 4.98 Å². The minimum atomic E-state index is -0.204. The Balaban J connectivity index is 1.57. The van der Waals surface area contributed by atoms with Gasteiger partial charge in [-0.2, -0.15) is 0 Å². The lowest BCUT2D eigenvalue weighted by atomic mass is 10.2. The summed E-state index contributed by atoms with van der Waals surface area (Å²) in [4.78, 5) is 35.7. The van der Waals surface area contributed by atoms with Crippen molar-refractivity contribution < 1.29 is 9.32 Å². The number of aromatic amines is 1. The molecule has 0 aliphatic carbocycles. The summed E-state index contributed by atoms with van der Waals surface area (Å²) in [5.74, 6) is 1.81. The monoisotopic (exact) mass is 448 g/mol. The molecular weight excluding hydrogens is 424 g/mol. The molecular formula is C24H24N4O3S. The first-order valence-electron chi connectivity index (χ1n) is 10.4. The Morgan fingerprint density at radius 1 is 1.12 bits per heavy atom. The molecule has 1 amide bonds. The normalized spacial score (nSPS) is 11.1. The average molecular weight is 449 g/mol. The summed E-state index contributed by atoms with van der Waals surface area (Å²) in [6.45, 7) is 6.43. The Hall–Kier alpha value is -3.39. The van der Waals surface area contributed by atoms with Crippen LogP contribution in [-0.4, -0.2) is 32.5 Å². The molecule has 0 aliphatic heterocycles. The molecule has 2 heterocycles. The second kappa shape index (κ2) is 9.40. The molecule has 8 heteroatoms. The molecule has 0 radical (unpaired) electrons. The van der Waals surface area contributed by atoms with Crippen LogP contribution in [0.3, 0.4) is 0 Å². The van der Waals surface area contributed by atoms with Gasteiger partial charge in [0, 0.05) is 22.8 Å². The summed E-state index contributed by atoms with van der Waals surface area (Å²) in [6, 6.07) is 14.7. The second-order valence-electron chi connectivity index (χ2n) is 7.44. The summed E-state index contributed by atoms with van der Waals surface area (Å²) < 4.78 is 5.25. The molecule has 32 heavy (non-hydrogen) atoms. The van der Waals surface area contributed by atoms with Crippen molar-refractivity contribution in [2.75, 3.05) is 6.54 Å². The van der Waals surface area contributed by atoms with Crippen molar-refractivity contribution in [3.63, 3.8) is 0 Å². The van der Waals surface area contributed by atoms with Crippen LogP contribution in [0.15, 0.2) is 62.7 Å². The minimum Gasteiger partial charge on any atom is -0.361 e. The second-order valence-corrected chi connectivity index (χ2v) is 8.45. The van der Waals surface area contributed by atoms with E-state index in [1.165, 1.54) is 0 Å². The topological polar surface area (TPSA) is 92.1 Å². The van der Waals surface area contributed by atoms with Crippen LogP contribution in [-0.2, 0) is 12.3 Å². The lowest BCUT2D eigenvalue weighted by Gasteiger charge is -2.22. The van der Waals surface area contributed by atoms with Crippen LogP contribution in [0.2, 0.25) is 0 Å². The molecule has 0 unspecified atom stereocenters. The van der Waals surface area contributed by atoms with Gasteiger partial charge in [-0.3, -0.25) is 9.59 Å². The molecule has 1 N–H and O–H groups in total. The van der Waals surface area contributed by atoms with Gasteiger partial charge in [0.05, 0.1) is 28.7 Å². The number of nitrogens with one attached hydrogen (secondary N) is 1. The molecule has 7 nitrogen and oxygen atoms in total. The van der Waals surface area contributed by atoms with Crippen LogP contribution in [0.1, 0.15) is 40.1 Å². The molecule has 0 spiro atoms. The zero-order valence-corrected chi connectivity index (χ0v) is 19.0. The number of carbonyl (C=O) groups excluding carboxylic acids is 1. The van der Waals surface area contributed by atoms with Gasteiger partial charge in [0.1, 0.15) is 11.6 Å². The summed E-state index contributed by atoms with van der Waals surface area (Å²) in [5.41, 5.74) is 2.94. The van der Waals surface area contributed by atoms with Gasteiger partial charge >= 0.3 is 0 Å². The largest absolute Gasteiger partial charge is 0.361 e. The highest BCUT2D eigenvalue weighted by molar-refractivity contribution is 7.98. The predicted molar refractivity (Wildman–Crippen MR) is 125 cm³/mol. The molecule has 0 atom stereocenters. The first kappa shape index (κ1) is 21.8. The van der Waals surface area contributed by atoms with E-state index in [-0.39, 0.29) is 18.0 Å². The van der Waals surface area contributed by atoms with Gasteiger partial charge in [-0.15, -0.1) is 11.8 Å².